The Morgan fingerprint density at radius 3 is 2.75 bits per heavy atom. The van der Waals surface area contributed by atoms with Gasteiger partial charge in [-0.2, -0.15) is 5.10 Å². The molecule has 1 N–H and O–H groups in total. The Morgan fingerprint density at radius 1 is 1.25 bits per heavy atom. The van der Waals surface area contributed by atoms with E-state index in [1.54, 1.807) is 18.2 Å². The monoisotopic (exact) mass is 348 g/mol. The van der Waals surface area contributed by atoms with E-state index in [-0.39, 0.29) is 12.1 Å². The molecule has 2 aromatic carbocycles. The van der Waals surface area contributed by atoms with Gasteiger partial charge in [0.05, 0.1) is 17.8 Å². The molecular formula is C17H11ClF2N2O2. The van der Waals surface area contributed by atoms with E-state index in [1.807, 2.05) is 0 Å². The van der Waals surface area contributed by atoms with E-state index in [9.17, 15) is 13.6 Å². The third kappa shape index (κ3) is 3.28. The number of halogens is 3. The Balaban J connectivity index is 2.09. The summed E-state index contributed by atoms with van der Waals surface area (Å²) >= 11 is 6.01. The molecule has 0 fully saturated rings. The molecule has 0 saturated heterocycles. The minimum atomic E-state index is -1.10. The van der Waals surface area contributed by atoms with Crippen molar-refractivity contribution < 1.29 is 18.7 Å². The van der Waals surface area contributed by atoms with Gasteiger partial charge in [0.1, 0.15) is 11.6 Å². The standard InChI is InChI=1S/C17H11ClF2N2O2/c18-11-2-4-13-15(5-6-17(23)24)21-22(16(13)7-11)9-10-1-3-12(19)8-14(10)20/h1-8H,9H2,(H,23,24)/b6-5+. The normalized spacial score (nSPS) is 11.5. The Morgan fingerprint density at radius 2 is 2.04 bits per heavy atom. The molecule has 122 valence electrons. The zero-order valence-corrected chi connectivity index (χ0v) is 13.0. The van der Waals surface area contributed by atoms with E-state index in [1.165, 1.54) is 22.9 Å². The van der Waals surface area contributed by atoms with Crippen molar-refractivity contribution in [2.75, 3.05) is 0 Å². The van der Waals surface area contributed by atoms with Crippen molar-refractivity contribution in [1.29, 1.82) is 0 Å². The second kappa shape index (κ2) is 6.41. The lowest BCUT2D eigenvalue weighted by atomic mass is 10.2. The third-order valence-electron chi connectivity index (χ3n) is 3.46. The SMILES string of the molecule is O=C(O)/C=C/c1nn(Cc2ccc(F)cc2F)c2cc(Cl)ccc12. The first-order valence-corrected chi connectivity index (χ1v) is 7.33. The van der Waals surface area contributed by atoms with Gasteiger partial charge < -0.3 is 5.11 Å². The highest BCUT2D eigenvalue weighted by Crippen LogP contribution is 2.25. The average Bonchev–Trinajstić information content (AvgIpc) is 2.85. The minimum Gasteiger partial charge on any atom is -0.478 e. The summed E-state index contributed by atoms with van der Waals surface area (Å²) in [7, 11) is 0. The minimum absolute atomic E-state index is 0.0594. The Labute approximate surface area is 140 Å². The number of aromatic nitrogens is 2. The summed E-state index contributed by atoms with van der Waals surface area (Å²) in [4.78, 5) is 10.7. The Bertz CT molecular complexity index is 967. The number of fused-ring (bicyclic) bond motifs is 1. The number of rotatable bonds is 4. The van der Waals surface area contributed by atoms with Crippen molar-refractivity contribution in [3.05, 3.63) is 70.4 Å². The highest BCUT2D eigenvalue weighted by Gasteiger charge is 2.12. The summed E-state index contributed by atoms with van der Waals surface area (Å²) in [6.07, 6.45) is 2.33. The molecule has 0 aliphatic heterocycles. The maximum atomic E-state index is 13.9. The number of benzene rings is 2. The fraction of sp³-hybridized carbons (Fsp3) is 0.0588. The number of aliphatic carboxylic acids is 1. The fourth-order valence-electron chi connectivity index (χ4n) is 2.38. The molecule has 7 heteroatoms. The lowest BCUT2D eigenvalue weighted by Crippen LogP contribution is -2.04. The molecule has 0 bridgehead atoms. The van der Waals surface area contributed by atoms with Crippen LogP contribution in [-0.4, -0.2) is 20.9 Å². The molecule has 4 nitrogen and oxygen atoms in total. The van der Waals surface area contributed by atoms with Gasteiger partial charge in [-0.15, -0.1) is 0 Å². The van der Waals surface area contributed by atoms with Gasteiger partial charge in [-0.3, -0.25) is 4.68 Å². The van der Waals surface area contributed by atoms with Crippen LogP contribution >= 0.6 is 11.6 Å². The van der Waals surface area contributed by atoms with Crippen molar-refractivity contribution in [3.63, 3.8) is 0 Å². The van der Waals surface area contributed by atoms with Gasteiger partial charge in [-0.25, -0.2) is 13.6 Å². The van der Waals surface area contributed by atoms with Gasteiger partial charge in [-0.05, 0) is 30.3 Å². The summed E-state index contributed by atoms with van der Waals surface area (Å²) in [5.74, 6) is -2.44. The smallest absolute Gasteiger partial charge is 0.328 e. The summed E-state index contributed by atoms with van der Waals surface area (Å²) in [6, 6.07) is 8.34. The van der Waals surface area contributed by atoms with Gasteiger partial charge in [0, 0.05) is 28.1 Å². The molecule has 1 aromatic heterocycles. The second-order valence-electron chi connectivity index (χ2n) is 5.11. The predicted octanol–water partition coefficient (Wildman–Crippen LogP) is 4.11. The van der Waals surface area contributed by atoms with Crippen LogP contribution in [0.4, 0.5) is 8.78 Å². The van der Waals surface area contributed by atoms with Crippen LogP contribution in [0.2, 0.25) is 5.02 Å². The molecule has 0 radical (unpaired) electrons. The van der Waals surface area contributed by atoms with Gasteiger partial charge in [0.15, 0.2) is 0 Å². The summed E-state index contributed by atoms with van der Waals surface area (Å²) in [6.45, 7) is 0.0594. The molecule has 0 unspecified atom stereocenters. The molecule has 0 atom stereocenters. The van der Waals surface area contributed by atoms with E-state index in [2.05, 4.69) is 5.10 Å². The maximum absolute atomic E-state index is 13.9. The predicted molar refractivity (Wildman–Crippen MR) is 86.9 cm³/mol. The highest BCUT2D eigenvalue weighted by molar-refractivity contribution is 6.31. The van der Waals surface area contributed by atoms with E-state index in [0.29, 0.717) is 21.6 Å². The van der Waals surface area contributed by atoms with Crippen LogP contribution in [-0.2, 0) is 11.3 Å². The summed E-state index contributed by atoms with van der Waals surface area (Å²) < 4.78 is 28.4. The number of hydrogen-bond acceptors (Lipinski definition) is 2. The van der Waals surface area contributed by atoms with Crippen LogP contribution in [0.25, 0.3) is 17.0 Å². The maximum Gasteiger partial charge on any atom is 0.328 e. The molecule has 1 heterocycles. The topological polar surface area (TPSA) is 55.1 Å². The van der Waals surface area contributed by atoms with Crippen molar-refractivity contribution in [3.8, 4) is 0 Å². The number of nitrogens with zero attached hydrogens (tertiary/aromatic N) is 2. The largest absolute Gasteiger partial charge is 0.478 e. The van der Waals surface area contributed by atoms with Crippen LogP contribution in [0.5, 0.6) is 0 Å². The number of hydrogen-bond donors (Lipinski definition) is 1. The van der Waals surface area contributed by atoms with E-state index >= 15 is 0 Å². The first kappa shape index (κ1) is 16.1. The first-order valence-electron chi connectivity index (χ1n) is 6.95. The molecule has 0 aliphatic rings. The van der Waals surface area contributed by atoms with Crippen LogP contribution in [0.15, 0.2) is 42.5 Å². The second-order valence-corrected chi connectivity index (χ2v) is 5.55. The zero-order valence-electron chi connectivity index (χ0n) is 12.2. The molecule has 0 amide bonds. The van der Waals surface area contributed by atoms with Gasteiger partial charge >= 0.3 is 5.97 Å². The quantitative estimate of drug-likeness (QED) is 0.722. The van der Waals surface area contributed by atoms with Crippen LogP contribution < -0.4 is 0 Å². The number of carbonyl (C=O) groups is 1. The van der Waals surface area contributed by atoms with Gasteiger partial charge in [0.2, 0.25) is 0 Å². The van der Waals surface area contributed by atoms with Crippen LogP contribution in [0.3, 0.4) is 0 Å². The molecule has 3 rings (SSSR count). The molecule has 0 saturated carbocycles. The molecule has 0 aliphatic carbocycles. The fourth-order valence-corrected chi connectivity index (χ4v) is 2.54. The lowest BCUT2D eigenvalue weighted by molar-refractivity contribution is -0.131. The van der Waals surface area contributed by atoms with Crippen molar-refractivity contribution in [2.24, 2.45) is 0 Å². The third-order valence-corrected chi connectivity index (χ3v) is 3.70. The molecule has 24 heavy (non-hydrogen) atoms. The Hall–Kier alpha value is -2.73. The summed E-state index contributed by atoms with van der Waals surface area (Å²) in [5, 5.41) is 14.2. The molecular weight excluding hydrogens is 338 g/mol. The highest BCUT2D eigenvalue weighted by atomic mass is 35.5. The van der Waals surface area contributed by atoms with Crippen molar-refractivity contribution >= 4 is 34.5 Å². The van der Waals surface area contributed by atoms with E-state index in [4.69, 9.17) is 16.7 Å². The summed E-state index contributed by atoms with van der Waals surface area (Å²) in [5.41, 5.74) is 1.30. The van der Waals surface area contributed by atoms with Crippen molar-refractivity contribution in [2.45, 2.75) is 6.54 Å². The lowest BCUT2D eigenvalue weighted by Gasteiger charge is -2.05. The van der Waals surface area contributed by atoms with E-state index < -0.39 is 17.6 Å². The molecule has 3 aromatic rings. The van der Waals surface area contributed by atoms with Crippen molar-refractivity contribution in [1.82, 2.24) is 9.78 Å². The van der Waals surface area contributed by atoms with Gasteiger partial charge in [0.25, 0.3) is 0 Å². The number of carboxylic acids is 1. The Kier molecular flexibility index (Phi) is 4.31. The van der Waals surface area contributed by atoms with E-state index in [0.717, 1.165) is 12.1 Å². The van der Waals surface area contributed by atoms with Crippen LogP contribution in [0, 0.1) is 11.6 Å². The average molecular weight is 349 g/mol. The zero-order chi connectivity index (χ0) is 17.3. The molecule has 0 spiro atoms. The van der Waals surface area contributed by atoms with Gasteiger partial charge in [-0.1, -0.05) is 17.7 Å². The first-order chi connectivity index (χ1) is 11.4. The number of carboxylic acid groups (broad SMARTS) is 1. The van der Waals surface area contributed by atoms with Crippen LogP contribution in [0.1, 0.15) is 11.3 Å².